The van der Waals surface area contributed by atoms with Crippen molar-refractivity contribution in [3.63, 3.8) is 0 Å². The molecule has 25 heavy (non-hydrogen) atoms. The second-order valence-electron chi connectivity index (χ2n) is 5.33. The summed E-state index contributed by atoms with van der Waals surface area (Å²) in [5, 5.41) is 3.51. The number of amides is 1. The fourth-order valence-electron chi connectivity index (χ4n) is 2.42. The minimum Gasteiger partial charge on any atom is -0.408 e. The molecule has 0 radical (unpaired) electrons. The van der Waals surface area contributed by atoms with E-state index >= 15 is 0 Å². The first-order valence-corrected chi connectivity index (χ1v) is 8.25. The summed E-state index contributed by atoms with van der Waals surface area (Å²) in [5.74, 6) is -0.792. The zero-order valence-corrected chi connectivity index (χ0v) is 13.9. The van der Waals surface area contributed by atoms with Gasteiger partial charge in [-0.05, 0) is 37.3 Å². The van der Waals surface area contributed by atoms with Crippen LogP contribution in [0.4, 0.5) is 5.69 Å². The van der Waals surface area contributed by atoms with Gasteiger partial charge in [-0.3, -0.25) is 14.8 Å². The zero-order chi connectivity index (χ0) is 17.4. The Labute approximate surface area is 145 Å². The maximum Gasteiger partial charge on any atom is 0.417 e. The molecule has 4 aromatic rings. The fraction of sp³-hybridized carbons (Fsp3) is 0.0588. The van der Waals surface area contributed by atoms with Crippen molar-refractivity contribution in [2.45, 2.75) is 6.92 Å². The molecule has 4 rings (SSSR count). The van der Waals surface area contributed by atoms with E-state index in [1.54, 1.807) is 31.3 Å². The van der Waals surface area contributed by atoms with Crippen molar-refractivity contribution in [2.75, 3.05) is 5.32 Å². The van der Waals surface area contributed by atoms with Crippen LogP contribution in [0.3, 0.4) is 0 Å². The van der Waals surface area contributed by atoms with Gasteiger partial charge in [0.1, 0.15) is 9.88 Å². The van der Waals surface area contributed by atoms with Crippen LogP contribution in [0, 0.1) is 6.92 Å². The summed E-state index contributed by atoms with van der Waals surface area (Å²) >= 11 is 1.29. The Hall–Kier alpha value is -3.26. The number of hydrogen-bond acceptors (Lipinski definition) is 6. The monoisotopic (exact) mass is 352 g/mol. The molecule has 0 spiro atoms. The lowest BCUT2D eigenvalue weighted by Crippen LogP contribution is -2.11. The van der Waals surface area contributed by atoms with Crippen LogP contribution in [0.5, 0.6) is 0 Å². The van der Waals surface area contributed by atoms with Gasteiger partial charge >= 0.3 is 5.76 Å². The predicted octanol–water partition coefficient (Wildman–Crippen LogP) is 3.20. The number of aromatic nitrogens is 3. The van der Waals surface area contributed by atoms with E-state index < -0.39 is 5.76 Å². The Bertz CT molecular complexity index is 1130. The van der Waals surface area contributed by atoms with Crippen LogP contribution in [-0.4, -0.2) is 20.9 Å². The Morgan fingerprint density at radius 2 is 2.16 bits per heavy atom. The number of carbonyl (C=O) groups excluding carboxylic acids is 1. The highest BCUT2D eigenvalue weighted by atomic mass is 32.1. The minimum atomic E-state index is -0.531. The second kappa shape index (κ2) is 5.99. The van der Waals surface area contributed by atoms with Crippen LogP contribution in [0.2, 0.25) is 0 Å². The van der Waals surface area contributed by atoms with Crippen molar-refractivity contribution in [2.24, 2.45) is 0 Å². The van der Waals surface area contributed by atoms with Gasteiger partial charge in [-0.15, -0.1) is 11.3 Å². The first-order valence-electron chi connectivity index (χ1n) is 7.43. The highest BCUT2D eigenvalue weighted by molar-refractivity contribution is 7.17. The van der Waals surface area contributed by atoms with Gasteiger partial charge in [-0.1, -0.05) is 6.07 Å². The molecule has 124 valence electrons. The third-order valence-corrected chi connectivity index (χ3v) is 4.74. The summed E-state index contributed by atoms with van der Waals surface area (Å²) in [4.78, 5) is 35.5. The van der Waals surface area contributed by atoms with Gasteiger partial charge in [0.05, 0.1) is 16.9 Å². The van der Waals surface area contributed by atoms with E-state index in [1.807, 2.05) is 18.2 Å². The van der Waals surface area contributed by atoms with Crippen molar-refractivity contribution < 1.29 is 9.21 Å². The molecule has 3 heterocycles. The van der Waals surface area contributed by atoms with E-state index in [0.717, 1.165) is 5.69 Å². The minimum absolute atomic E-state index is 0.262. The molecule has 1 amide bonds. The number of hydrogen-bond donors (Lipinski definition) is 2. The SMILES string of the molecule is Cc1nc(-c2ccccn2)sc1C(=O)Nc1ccc2oc(=O)[nH]c2c1. The molecule has 8 heteroatoms. The Balaban J connectivity index is 1.62. The van der Waals surface area contributed by atoms with E-state index in [0.29, 0.717) is 32.4 Å². The molecule has 0 atom stereocenters. The lowest BCUT2D eigenvalue weighted by Gasteiger charge is -2.03. The maximum atomic E-state index is 12.6. The average Bonchev–Trinajstić information content (AvgIpc) is 3.17. The molecule has 7 nitrogen and oxygen atoms in total. The van der Waals surface area contributed by atoms with E-state index in [2.05, 4.69) is 20.3 Å². The number of anilines is 1. The van der Waals surface area contributed by atoms with Crippen LogP contribution >= 0.6 is 11.3 Å². The number of oxazole rings is 1. The normalized spacial score (nSPS) is 10.9. The zero-order valence-electron chi connectivity index (χ0n) is 13.1. The summed E-state index contributed by atoms with van der Waals surface area (Å²) in [6, 6.07) is 10.5. The first kappa shape index (κ1) is 15.3. The Morgan fingerprint density at radius 1 is 1.28 bits per heavy atom. The predicted molar refractivity (Wildman–Crippen MR) is 94.9 cm³/mol. The number of pyridine rings is 1. The van der Waals surface area contributed by atoms with Crippen molar-refractivity contribution in [3.05, 3.63) is 63.7 Å². The Kier molecular flexibility index (Phi) is 3.66. The van der Waals surface area contributed by atoms with E-state index in [1.165, 1.54) is 11.3 Å². The molecular weight excluding hydrogens is 340 g/mol. The second-order valence-corrected chi connectivity index (χ2v) is 6.33. The van der Waals surface area contributed by atoms with Gasteiger partial charge in [0.25, 0.3) is 5.91 Å². The molecular formula is C17H12N4O3S. The third-order valence-electron chi connectivity index (χ3n) is 3.56. The van der Waals surface area contributed by atoms with E-state index in [4.69, 9.17) is 4.42 Å². The first-order chi connectivity index (χ1) is 12.1. The van der Waals surface area contributed by atoms with Gasteiger partial charge in [0.15, 0.2) is 5.58 Å². The topological polar surface area (TPSA) is 101 Å². The quantitative estimate of drug-likeness (QED) is 0.590. The lowest BCUT2D eigenvalue weighted by molar-refractivity contribution is 0.103. The highest BCUT2D eigenvalue weighted by Gasteiger charge is 2.17. The number of H-pyrrole nitrogens is 1. The van der Waals surface area contributed by atoms with Crippen molar-refractivity contribution in [3.8, 4) is 10.7 Å². The van der Waals surface area contributed by atoms with Crippen molar-refractivity contribution in [1.82, 2.24) is 15.0 Å². The standard InChI is InChI=1S/C17H12N4O3S/c1-9-14(25-16(19-9)11-4-2-3-7-18-11)15(22)20-10-5-6-13-12(8-10)21-17(23)24-13/h2-8H,1H3,(H,20,22)(H,21,23). The van der Waals surface area contributed by atoms with Gasteiger partial charge in [-0.25, -0.2) is 9.78 Å². The molecule has 0 fully saturated rings. The van der Waals surface area contributed by atoms with E-state index in [-0.39, 0.29) is 5.91 Å². The van der Waals surface area contributed by atoms with E-state index in [9.17, 15) is 9.59 Å². The molecule has 2 N–H and O–H groups in total. The molecule has 0 unspecified atom stereocenters. The number of aromatic amines is 1. The number of rotatable bonds is 3. The number of benzene rings is 1. The van der Waals surface area contributed by atoms with Crippen LogP contribution in [0.25, 0.3) is 21.8 Å². The summed E-state index contributed by atoms with van der Waals surface area (Å²) in [7, 11) is 0. The van der Waals surface area contributed by atoms with Gasteiger partial charge < -0.3 is 9.73 Å². The largest absolute Gasteiger partial charge is 0.417 e. The average molecular weight is 352 g/mol. The van der Waals surface area contributed by atoms with Crippen molar-refractivity contribution in [1.29, 1.82) is 0 Å². The van der Waals surface area contributed by atoms with Crippen LogP contribution in [-0.2, 0) is 0 Å². The number of nitrogens with zero attached hydrogens (tertiary/aromatic N) is 2. The highest BCUT2D eigenvalue weighted by Crippen LogP contribution is 2.27. The molecule has 0 saturated carbocycles. The molecule has 0 saturated heterocycles. The van der Waals surface area contributed by atoms with Gasteiger partial charge in [0.2, 0.25) is 0 Å². The van der Waals surface area contributed by atoms with Gasteiger partial charge in [0, 0.05) is 11.9 Å². The third kappa shape index (κ3) is 2.94. The number of nitrogens with one attached hydrogen (secondary N) is 2. The fourth-order valence-corrected chi connectivity index (χ4v) is 3.36. The molecule has 0 bridgehead atoms. The molecule has 3 aromatic heterocycles. The number of fused-ring (bicyclic) bond motifs is 1. The van der Waals surface area contributed by atoms with Crippen molar-refractivity contribution >= 4 is 34.0 Å². The summed E-state index contributed by atoms with van der Waals surface area (Å²) in [5.41, 5.74) is 2.89. The molecule has 0 aliphatic rings. The van der Waals surface area contributed by atoms with Crippen LogP contribution < -0.4 is 11.1 Å². The smallest absolute Gasteiger partial charge is 0.408 e. The molecule has 0 aliphatic carbocycles. The number of thiazole rings is 1. The maximum absolute atomic E-state index is 12.6. The summed E-state index contributed by atoms with van der Waals surface area (Å²) in [6.45, 7) is 1.79. The number of carbonyl (C=O) groups is 1. The van der Waals surface area contributed by atoms with Crippen LogP contribution in [0.15, 0.2) is 51.8 Å². The van der Waals surface area contributed by atoms with Crippen LogP contribution in [0.1, 0.15) is 15.4 Å². The van der Waals surface area contributed by atoms with Gasteiger partial charge in [-0.2, -0.15) is 0 Å². The molecule has 1 aromatic carbocycles. The lowest BCUT2D eigenvalue weighted by atomic mass is 10.2. The summed E-state index contributed by atoms with van der Waals surface area (Å²) in [6.07, 6.45) is 1.69. The molecule has 0 aliphatic heterocycles. The summed E-state index contributed by atoms with van der Waals surface area (Å²) < 4.78 is 4.95. The Morgan fingerprint density at radius 3 is 2.96 bits per heavy atom. The number of aryl methyl sites for hydroxylation is 1.